The molecule has 1 amide bonds. The molecule has 0 radical (unpaired) electrons. The van der Waals surface area contributed by atoms with Crippen LogP contribution in [0.3, 0.4) is 0 Å². The van der Waals surface area contributed by atoms with Crippen molar-refractivity contribution < 1.29 is 39.4 Å². The number of hydrogen-bond acceptors (Lipinski definition) is 4. The Morgan fingerprint density at radius 3 is 2.10 bits per heavy atom. The fourth-order valence-electron chi connectivity index (χ4n) is 4.57. The van der Waals surface area contributed by atoms with Crippen LogP contribution in [0.15, 0.2) is 53.4 Å². The zero-order chi connectivity index (χ0) is 27.9. The van der Waals surface area contributed by atoms with Crippen molar-refractivity contribution in [2.24, 2.45) is 0 Å². The highest BCUT2D eigenvalue weighted by atomic mass is 79.9. The maximum absolute atomic E-state index is 12.9. The van der Waals surface area contributed by atoms with Crippen LogP contribution in [-0.2, 0) is 10.0 Å². The minimum absolute atomic E-state index is 0. The highest BCUT2D eigenvalue weighted by Crippen LogP contribution is 2.21. The molecule has 0 aliphatic carbocycles. The Hall–Kier alpha value is -1.94. The van der Waals surface area contributed by atoms with Gasteiger partial charge in [0, 0.05) is 5.69 Å². The van der Waals surface area contributed by atoms with E-state index in [0.29, 0.717) is 30.2 Å². The number of anilines is 1. The molecule has 2 aromatic carbocycles. The first kappa shape index (κ1) is 35.1. The molecule has 2 N–H and O–H groups in total. The quantitative estimate of drug-likeness (QED) is 0.185. The van der Waals surface area contributed by atoms with Crippen LogP contribution in [0, 0.1) is 0 Å². The van der Waals surface area contributed by atoms with Crippen molar-refractivity contribution in [2.75, 3.05) is 44.6 Å². The van der Waals surface area contributed by atoms with Gasteiger partial charge in [-0.3, -0.25) is 4.79 Å². The molecule has 39 heavy (non-hydrogen) atoms. The van der Waals surface area contributed by atoms with Crippen LogP contribution in [0.4, 0.5) is 5.69 Å². The number of sulfonamides is 1. The fourth-order valence-corrected chi connectivity index (χ4v) is 5.59. The third-order valence-electron chi connectivity index (χ3n) is 7.27. The van der Waals surface area contributed by atoms with Crippen LogP contribution in [0.25, 0.3) is 0 Å². The molecule has 0 aliphatic rings. The minimum atomic E-state index is -3.64. The normalized spacial score (nSPS) is 11.6. The monoisotopic (exact) mass is 625 g/mol. The molecule has 0 unspecified atom stereocenters. The second kappa shape index (κ2) is 18.4. The topological polar surface area (TPSA) is 84.5 Å². The van der Waals surface area contributed by atoms with E-state index in [1.807, 2.05) is 6.07 Å². The van der Waals surface area contributed by atoms with E-state index in [2.05, 4.69) is 37.7 Å². The van der Waals surface area contributed by atoms with Crippen molar-refractivity contribution in [3.63, 3.8) is 0 Å². The lowest BCUT2D eigenvalue weighted by atomic mass is 10.1. The molecule has 0 aromatic heterocycles. The Labute approximate surface area is 247 Å². The lowest BCUT2D eigenvalue weighted by Gasteiger charge is -2.37. The summed E-state index contributed by atoms with van der Waals surface area (Å²) < 4.78 is 35.3. The summed E-state index contributed by atoms with van der Waals surface area (Å²) in [6, 6.07) is 13.5. The third-order valence-corrected chi connectivity index (χ3v) is 8.74. The Morgan fingerprint density at radius 2 is 1.46 bits per heavy atom. The van der Waals surface area contributed by atoms with Crippen LogP contribution in [0.1, 0.15) is 83.0 Å². The molecule has 2 rings (SSSR count). The number of ether oxygens (including phenoxy) is 1. The second-order valence-corrected chi connectivity index (χ2v) is 11.7. The average molecular weight is 627 g/mol. The van der Waals surface area contributed by atoms with Crippen molar-refractivity contribution in [3.8, 4) is 5.75 Å². The third kappa shape index (κ3) is 11.6. The predicted octanol–water partition coefficient (Wildman–Crippen LogP) is 3.23. The highest BCUT2D eigenvalue weighted by Gasteiger charge is 2.24. The number of quaternary nitrogens is 1. The van der Waals surface area contributed by atoms with Crippen LogP contribution in [-0.4, -0.2) is 58.1 Å². The van der Waals surface area contributed by atoms with Crippen molar-refractivity contribution in [3.05, 3.63) is 54.1 Å². The minimum Gasteiger partial charge on any atom is -1.00 e. The number of nitrogens with zero attached hydrogens (tertiary/aromatic N) is 1. The summed E-state index contributed by atoms with van der Waals surface area (Å²) >= 11 is 0. The zero-order valence-electron chi connectivity index (χ0n) is 24.2. The second-order valence-electron chi connectivity index (χ2n) is 9.91. The molecule has 0 atom stereocenters. The smallest absolute Gasteiger partial charge is 0.259 e. The van der Waals surface area contributed by atoms with Crippen LogP contribution in [0.2, 0.25) is 0 Å². The number of rotatable bonds is 19. The van der Waals surface area contributed by atoms with E-state index in [9.17, 15) is 13.2 Å². The number of hydrogen-bond donors (Lipinski definition) is 2. The summed E-state index contributed by atoms with van der Waals surface area (Å²) in [7, 11) is -3.64. The summed E-state index contributed by atoms with van der Waals surface area (Å²) in [5.74, 6) is 0.257. The van der Waals surface area contributed by atoms with Gasteiger partial charge in [0.25, 0.3) is 5.91 Å². The van der Waals surface area contributed by atoms with Crippen molar-refractivity contribution in [1.29, 1.82) is 0 Å². The molecule has 9 heteroatoms. The summed E-state index contributed by atoms with van der Waals surface area (Å²) in [6.45, 7) is 13.5. The zero-order valence-corrected chi connectivity index (χ0v) is 26.6. The van der Waals surface area contributed by atoms with Gasteiger partial charge >= 0.3 is 0 Å². The van der Waals surface area contributed by atoms with Crippen molar-refractivity contribution >= 4 is 21.6 Å². The van der Waals surface area contributed by atoms with Crippen LogP contribution < -0.4 is 31.8 Å². The van der Waals surface area contributed by atoms with Crippen LogP contribution in [0.5, 0.6) is 5.75 Å². The van der Waals surface area contributed by atoms with E-state index in [1.54, 1.807) is 30.3 Å². The Balaban J connectivity index is 0.00000760. The van der Waals surface area contributed by atoms with Gasteiger partial charge in [0.05, 0.1) is 49.8 Å². The van der Waals surface area contributed by atoms with Gasteiger partial charge in [0.1, 0.15) is 5.75 Å². The van der Waals surface area contributed by atoms with Gasteiger partial charge in [-0.25, -0.2) is 13.1 Å². The van der Waals surface area contributed by atoms with E-state index in [0.717, 1.165) is 56.3 Å². The predicted molar refractivity (Wildman–Crippen MR) is 156 cm³/mol. The van der Waals surface area contributed by atoms with Gasteiger partial charge < -0.3 is 31.5 Å². The van der Waals surface area contributed by atoms with Gasteiger partial charge in [-0.15, -0.1) is 0 Å². The molecule has 0 bridgehead atoms. The van der Waals surface area contributed by atoms with E-state index < -0.39 is 10.0 Å². The number of para-hydroxylation sites is 1. The number of amides is 1. The Bertz CT molecular complexity index is 1070. The van der Waals surface area contributed by atoms with E-state index in [-0.39, 0.29) is 27.8 Å². The highest BCUT2D eigenvalue weighted by molar-refractivity contribution is 7.89. The number of benzene rings is 2. The lowest BCUT2D eigenvalue weighted by molar-refractivity contribution is -0.924. The molecule has 0 fully saturated rings. The molecule has 0 spiro atoms. The van der Waals surface area contributed by atoms with Crippen molar-refractivity contribution in [2.45, 2.75) is 77.5 Å². The molecule has 0 heterocycles. The standard InChI is InChI=1S/C30H47N3O4S.BrH/c1-5-9-11-15-25-37-29-17-13-12-16-28(29)30(34)32-26-18-20-27(21-19-26)38(35,36)31-22-24-33(7-3,8-4)23-14-10-6-2;/h12-13,16-21,31H,5-11,14-15,22-25H2,1-4H3;1H. The molecule has 0 saturated heterocycles. The van der Waals surface area contributed by atoms with Gasteiger partial charge in [-0.2, -0.15) is 0 Å². The van der Waals surface area contributed by atoms with E-state index in [4.69, 9.17) is 4.74 Å². The molecule has 2 aromatic rings. The summed E-state index contributed by atoms with van der Waals surface area (Å²) in [6.07, 6.45) is 7.92. The number of carbonyl (C=O) groups excluding carboxylic acids is 1. The fraction of sp³-hybridized carbons (Fsp3) is 0.567. The maximum Gasteiger partial charge on any atom is 0.259 e. The first-order valence-corrected chi connectivity index (χ1v) is 15.8. The number of unbranched alkanes of at least 4 members (excludes halogenated alkanes) is 5. The number of carbonyl (C=O) groups is 1. The molecule has 0 aliphatic heterocycles. The molecule has 7 nitrogen and oxygen atoms in total. The van der Waals surface area contributed by atoms with Crippen molar-refractivity contribution in [1.82, 2.24) is 4.72 Å². The lowest BCUT2D eigenvalue weighted by Crippen LogP contribution is -3.00. The first-order chi connectivity index (χ1) is 18.3. The number of nitrogens with one attached hydrogen (secondary N) is 2. The summed E-state index contributed by atoms with van der Waals surface area (Å²) in [4.78, 5) is 13.1. The maximum atomic E-state index is 12.9. The molecule has 220 valence electrons. The molecular weight excluding hydrogens is 578 g/mol. The van der Waals surface area contributed by atoms with Gasteiger partial charge in [0.15, 0.2) is 0 Å². The number of likely N-dealkylation sites (N-methyl/N-ethyl adjacent to an activating group) is 1. The Kier molecular flexibility index (Phi) is 16.6. The van der Waals surface area contributed by atoms with Gasteiger partial charge in [0.2, 0.25) is 10.0 Å². The van der Waals surface area contributed by atoms with E-state index >= 15 is 0 Å². The Morgan fingerprint density at radius 1 is 0.821 bits per heavy atom. The summed E-state index contributed by atoms with van der Waals surface area (Å²) in [5.41, 5.74) is 0.976. The molecular formula is C30H48BrN3O4S. The van der Waals surface area contributed by atoms with Gasteiger partial charge in [-0.1, -0.05) is 51.7 Å². The first-order valence-electron chi connectivity index (χ1n) is 14.3. The summed E-state index contributed by atoms with van der Waals surface area (Å²) in [5, 5.41) is 2.85. The molecule has 0 saturated carbocycles. The number of halogens is 1. The van der Waals surface area contributed by atoms with E-state index in [1.165, 1.54) is 31.4 Å². The van der Waals surface area contributed by atoms with Crippen LogP contribution >= 0.6 is 0 Å². The SMILES string of the molecule is CCCCCCOc1ccccc1C(=O)Nc1ccc(S(=O)(=O)NCC[N+](CC)(CC)CCCCC)cc1.[Br-]. The largest absolute Gasteiger partial charge is 1.00 e. The van der Waals surface area contributed by atoms with Gasteiger partial charge in [-0.05, 0) is 69.5 Å². The average Bonchev–Trinajstić information content (AvgIpc) is 2.92.